The summed E-state index contributed by atoms with van der Waals surface area (Å²) >= 11 is 0. The van der Waals surface area contributed by atoms with E-state index in [-0.39, 0.29) is 0 Å². The van der Waals surface area contributed by atoms with Gasteiger partial charge in [-0.2, -0.15) is 0 Å². The van der Waals surface area contributed by atoms with Crippen LogP contribution < -0.4 is 5.32 Å². The average Bonchev–Trinajstić information content (AvgIpc) is 3.13. The Morgan fingerprint density at radius 3 is 2.56 bits per heavy atom. The Kier molecular flexibility index (Phi) is 3.97. The maximum atomic E-state index is 5.30. The summed E-state index contributed by atoms with van der Waals surface area (Å²) in [6, 6.07) is 11.5. The second-order valence-electron chi connectivity index (χ2n) is 4.71. The highest BCUT2D eigenvalue weighted by atomic mass is 16.5. The number of nitrogens with one attached hydrogen (secondary N) is 1. The maximum absolute atomic E-state index is 5.30. The van der Waals surface area contributed by atoms with Crippen molar-refractivity contribution in [2.45, 2.75) is 31.8 Å². The third-order valence-electron chi connectivity index (χ3n) is 3.33. The molecule has 1 aromatic carbocycles. The van der Waals surface area contributed by atoms with Crippen LogP contribution in [-0.2, 0) is 4.74 Å². The molecule has 0 heterocycles. The van der Waals surface area contributed by atoms with Crippen molar-refractivity contribution in [3.63, 3.8) is 0 Å². The molecule has 1 aromatic rings. The molecule has 0 spiro atoms. The quantitative estimate of drug-likeness (QED) is 0.794. The van der Waals surface area contributed by atoms with Crippen molar-refractivity contribution in [3.8, 4) is 0 Å². The minimum absolute atomic E-state index is 0.321. The van der Waals surface area contributed by atoms with Gasteiger partial charge >= 0.3 is 0 Å². The number of hydrogen-bond acceptors (Lipinski definition) is 2. The monoisotopic (exact) mass is 219 g/mol. The van der Waals surface area contributed by atoms with Crippen molar-refractivity contribution in [1.82, 2.24) is 5.32 Å². The van der Waals surface area contributed by atoms with Crippen molar-refractivity contribution in [1.29, 1.82) is 0 Å². The topological polar surface area (TPSA) is 21.3 Å². The summed E-state index contributed by atoms with van der Waals surface area (Å²) in [5, 5.41) is 3.67. The molecular formula is C14H21NO. The molecule has 1 fully saturated rings. The molecule has 0 saturated heterocycles. The summed E-state index contributed by atoms with van der Waals surface area (Å²) in [7, 11) is 1.76. The first-order chi connectivity index (χ1) is 7.81. The predicted octanol–water partition coefficient (Wildman–Crippen LogP) is 2.76. The lowest BCUT2D eigenvalue weighted by molar-refractivity contribution is 0.160. The number of hydrogen-bond donors (Lipinski definition) is 1. The fraction of sp³-hybridized carbons (Fsp3) is 0.571. The summed E-state index contributed by atoms with van der Waals surface area (Å²) in [6.45, 7) is 3.02. The van der Waals surface area contributed by atoms with Gasteiger partial charge in [0.2, 0.25) is 0 Å². The zero-order valence-corrected chi connectivity index (χ0v) is 10.1. The predicted molar refractivity (Wildman–Crippen MR) is 66.4 cm³/mol. The van der Waals surface area contributed by atoms with E-state index in [1.807, 2.05) is 0 Å². The summed E-state index contributed by atoms with van der Waals surface area (Å²) in [4.78, 5) is 0. The van der Waals surface area contributed by atoms with Gasteiger partial charge in [-0.25, -0.2) is 0 Å². The molecule has 1 saturated carbocycles. The molecule has 2 atom stereocenters. The normalized spacial score (nSPS) is 19.4. The minimum atomic E-state index is 0.321. The highest BCUT2D eigenvalue weighted by molar-refractivity contribution is 5.19. The third kappa shape index (κ3) is 3.06. The van der Waals surface area contributed by atoms with Crippen LogP contribution in [0.2, 0.25) is 0 Å². The van der Waals surface area contributed by atoms with E-state index in [0.717, 1.165) is 12.5 Å². The van der Waals surface area contributed by atoms with E-state index in [2.05, 4.69) is 42.6 Å². The first-order valence-electron chi connectivity index (χ1n) is 6.11. The largest absolute Gasteiger partial charge is 0.383 e. The van der Waals surface area contributed by atoms with Crippen LogP contribution in [0.15, 0.2) is 30.3 Å². The van der Waals surface area contributed by atoms with E-state index in [1.54, 1.807) is 7.11 Å². The maximum Gasteiger partial charge on any atom is 0.0657 e. The molecule has 1 aliphatic rings. The lowest BCUT2D eigenvalue weighted by Gasteiger charge is -2.23. The van der Waals surface area contributed by atoms with Gasteiger partial charge < -0.3 is 10.1 Å². The van der Waals surface area contributed by atoms with Gasteiger partial charge in [0.05, 0.1) is 12.6 Å². The molecule has 2 heteroatoms. The molecule has 1 N–H and O–H groups in total. The Bertz CT molecular complexity index is 308. The molecule has 0 aromatic heterocycles. The molecule has 88 valence electrons. The Labute approximate surface area is 98.0 Å². The van der Waals surface area contributed by atoms with E-state index in [1.165, 1.54) is 18.4 Å². The van der Waals surface area contributed by atoms with Crippen LogP contribution in [0.5, 0.6) is 0 Å². The SMILES string of the molecule is COCC(NC(C)C1CC1)c1ccccc1. The van der Waals surface area contributed by atoms with Crippen molar-refractivity contribution >= 4 is 0 Å². The van der Waals surface area contributed by atoms with Crippen LogP contribution in [0.25, 0.3) is 0 Å². The number of ether oxygens (including phenoxy) is 1. The molecule has 0 radical (unpaired) electrons. The standard InChI is InChI=1S/C14H21NO/c1-11(12-8-9-12)15-14(10-16-2)13-6-4-3-5-7-13/h3-7,11-12,14-15H,8-10H2,1-2H3. The Morgan fingerprint density at radius 2 is 2.00 bits per heavy atom. The zero-order valence-electron chi connectivity index (χ0n) is 10.1. The van der Waals surface area contributed by atoms with Crippen LogP contribution in [0.3, 0.4) is 0 Å². The van der Waals surface area contributed by atoms with Crippen LogP contribution in [-0.4, -0.2) is 19.8 Å². The van der Waals surface area contributed by atoms with E-state index in [0.29, 0.717) is 12.1 Å². The van der Waals surface area contributed by atoms with Gasteiger partial charge in [-0.3, -0.25) is 0 Å². The van der Waals surface area contributed by atoms with Gasteiger partial charge in [0.25, 0.3) is 0 Å². The first kappa shape index (κ1) is 11.6. The van der Waals surface area contributed by atoms with Crippen molar-refractivity contribution in [2.24, 2.45) is 5.92 Å². The van der Waals surface area contributed by atoms with E-state index in [9.17, 15) is 0 Å². The van der Waals surface area contributed by atoms with Crippen LogP contribution in [0.4, 0.5) is 0 Å². The molecule has 0 aliphatic heterocycles. The molecule has 0 amide bonds. The molecule has 2 unspecified atom stereocenters. The number of benzene rings is 1. The molecule has 16 heavy (non-hydrogen) atoms. The minimum Gasteiger partial charge on any atom is -0.383 e. The molecule has 0 bridgehead atoms. The third-order valence-corrected chi connectivity index (χ3v) is 3.33. The molecule has 1 aliphatic carbocycles. The van der Waals surface area contributed by atoms with E-state index < -0.39 is 0 Å². The second kappa shape index (κ2) is 5.46. The lowest BCUT2D eigenvalue weighted by atomic mass is 10.1. The van der Waals surface area contributed by atoms with Gasteiger partial charge in [0.1, 0.15) is 0 Å². The van der Waals surface area contributed by atoms with Gasteiger partial charge in [0.15, 0.2) is 0 Å². The fourth-order valence-corrected chi connectivity index (χ4v) is 2.14. The zero-order chi connectivity index (χ0) is 11.4. The number of rotatable bonds is 6. The van der Waals surface area contributed by atoms with Gasteiger partial charge in [-0.1, -0.05) is 30.3 Å². The lowest BCUT2D eigenvalue weighted by Crippen LogP contribution is -2.34. The molecule has 2 rings (SSSR count). The summed E-state index contributed by atoms with van der Waals surface area (Å²) in [6.07, 6.45) is 2.76. The Balaban J connectivity index is 1.98. The van der Waals surface area contributed by atoms with Crippen molar-refractivity contribution in [3.05, 3.63) is 35.9 Å². The van der Waals surface area contributed by atoms with Crippen LogP contribution in [0, 0.1) is 5.92 Å². The average molecular weight is 219 g/mol. The van der Waals surface area contributed by atoms with E-state index in [4.69, 9.17) is 4.74 Å². The summed E-state index contributed by atoms with van der Waals surface area (Å²) in [5.41, 5.74) is 1.32. The van der Waals surface area contributed by atoms with Gasteiger partial charge in [0, 0.05) is 13.2 Å². The van der Waals surface area contributed by atoms with Crippen molar-refractivity contribution in [2.75, 3.05) is 13.7 Å². The highest BCUT2D eigenvalue weighted by Crippen LogP contribution is 2.33. The second-order valence-corrected chi connectivity index (χ2v) is 4.71. The summed E-state index contributed by atoms with van der Waals surface area (Å²) in [5.74, 6) is 0.878. The fourth-order valence-electron chi connectivity index (χ4n) is 2.14. The highest BCUT2D eigenvalue weighted by Gasteiger charge is 2.29. The molecule has 2 nitrogen and oxygen atoms in total. The Hall–Kier alpha value is -0.860. The van der Waals surface area contributed by atoms with Crippen LogP contribution >= 0.6 is 0 Å². The smallest absolute Gasteiger partial charge is 0.0657 e. The van der Waals surface area contributed by atoms with Gasteiger partial charge in [-0.05, 0) is 31.2 Å². The summed E-state index contributed by atoms with van der Waals surface area (Å²) < 4.78 is 5.30. The Morgan fingerprint density at radius 1 is 1.31 bits per heavy atom. The van der Waals surface area contributed by atoms with Crippen molar-refractivity contribution < 1.29 is 4.74 Å². The molecular weight excluding hydrogens is 198 g/mol. The van der Waals surface area contributed by atoms with Crippen LogP contribution in [0.1, 0.15) is 31.4 Å². The van der Waals surface area contributed by atoms with Gasteiger partial charge in [-0.15, -0.1) is 0 Å². The first-order valence-corrected chi connectivity index (χ1v) is 6.11. The van der Waals surface area contributed by atoms with E-state index >= 15 is 0 Å². The number of methoxy groups -OCH3 is 1.